The van der Waals surface area contributed by atoms with Crippen LogP contribution in [-0.2, 0) is 0 Å². The van der Waals surface area contributed by atoms with Gasteiger partial charge >= 0.3 is 0 Å². The van der Waals surface area contributed by atoms with Crippen LogP contribution in [0.5, 0.6) is 11.5 Å². The van der Waals surface area contributed by atoms with E-state index in [9.17, 15) is 0 Å². The molecule has 21 heavy (non-hydrogen) atoms. The van der Waals surface area contributed by atoms with E-state index in [1.165, 1.54) is 0 Å². The molecular weight excluding hydrogens is 290 g/mol. The highest BCUT2D eigenvalue weighted by Crippen LogP contribution is 2.36. The first-order valence-electron chi connectivity index (χ1n) is 6.55. The minimum absolute atomic E-state index is 0.546. The summed E-state index contributed by atoms with van der Waals surface area (Å²) in [4.78, 5) is 4.56. The molecule has 4 rings (SSSR count). The second-order valence-electron chi connectivity index (χ2n) is 4.78. The van der Waals surface area contributed by atoms with Crippen LogP contribution in [0.1, 0.15) is 0 Å². The van der Waals surface area contributed by atoms with Gasteiger partial charge in [0.15, 0.2) is 11.5 Å². The number of ether oxygens (including phenoxy) is 2. The fourth-order valence-corrected chi connectivity index (χ4v) is 2.60. The number of nitrogens with zero attached hydrogens (tertiary/aromatic N) is 2. The topological polar surface area (TPSA) is 61.8 Å². The molecule has 0 amide bonds. The molecule has 1 aromatic carbocycles. The Kier molecular flexibility index (Phi) is 2.68. The van der Waals surface area contributed by atoms with Gasteiger partial charge in [-0.3, -0.25) is 4.40 Å². The quantitative estimate of drug-likeness (QED) is 0.750. The first-order chi connectivity index (χ1) is 10.2. The Morgan fingerprint density at radius 2 is 1.90 bits per heavy atom. The number of nitrogens with two attached hydrogens (primary N) is 1. The van der Waals surface area contributed by atoms with Crippen molar-refractivity contribution in [1.29, 1.82) is 0 Å². The molecule has 1 aliphatic rings. The molecule has 0 spiro atoms. The highest BCUT2D eigenvalue weighted by molar-refractivity contribution is 6.30. The number of fused-ring (bicyclic) bond motifs is 2. The van der Waals surface area contributed by atoms with Crippen molar-refractivity contribution in [2.24, 2.45) is 0 Å². The summed E-state index contributed by atoms with van der Waals surface area (Å²) >= 11 is 6.00. The number of halogens is 1. The second kappa shape index (κ2) is 4.56. The predicted molar refractivity (Wildman–Crippen MR) is 81.0 cm³/mol. The van der Waals surface area contributed by atoms with Gasteiger partial charge < -0.3 is 15.2 Å². The summed E-state index contributed by atoms with van der Waals surface area (Å²) in [7, 11) is 0. The largest absolute Gasteiger partial charge is 0.486 e. The maximum Gasteiger partial charge on any atom is 0.162 e. The summed E-state index contributed by atoms with van der Waals surface area (Å²) in [5.74, 6) is 2.01. The Bertz CT molecular complexity index is 844. The Labute approximate surface area is 125 Å². The zero-order valence-electron chi connectivity index (χ0n) is 11.0. The number of imidazole rings is 1. The highest BCUT2D eigenvalue weighted by atomic mass is 35.5. The van der Waals surface area contributed by atoms with Crippen molar-refractivity contribution in [1.82, 2.24) is 9.38 Å². The number of anilines is 1. The Morgan fingerprint density at radius 1 is 1.10 bits per heavy atom. The van der Waals surface area contributed by atoms with Crippen LogP contribution in [0.3, 0.4) is 0 Å². The van der Waals surface area contributed by atoms with E-state index in [2.05, 4.69) is 4.98 Å². The molecule has 5 nitrogen and oxygen atoms in total. The van der Waals surface area contributed by atoms with Crippen LogP contribution in [0.2, 0.25) is 5.02 Å². The number of aromatic nitrogens is 2. The van der Waals surface area contributed by atoms with E-state index in [1.807, 2.05) is 24.3 Å². The number of pyridine rings is 1. The van der Waals surface area contributed by atoms with Gasteiger partial charge in [-0.15, -0.1) is 0 Å². The standard InChI is InChI=1S/C15H12ClN3O2/c16-10-2-4-13-18-14(15(17)19(13)8-10)9-1-3-11-12(7-9)21-6-5-20-11/h1-4,7-8H,5-6,17H2. The SMILES string of the molecule is Nc1c(-c2ccc3c(c2)OCCO3)nc2ccc(Cl)cn12. The second-order valence-corrected chi connectivity index (χ2v) is 5.22. The van der Waals surface area contributed by atoms with Crippen molar-refractivity contribution >= 4 is 23.1 Å². The predicted octanol–water partition coefficient (Wildman–Crippen LogP) is 3.01. The van der Waals surface area contributed by atoms with Crippen molar-refractivity contribution in [3.8, 4) is 22.8 Å². The summed E-state index contributed by atoms with van der Waals surface area (Å²) < 4.78 is 12.9. The van der Waals surface area contributed by atoms with Gasteiger partial charge in [-0.25, -0.2) is 4.98 Å². The smallest absolute Gasteiger partial charge is 0.162 e. The normalized spacial score (nSPS) is 13.6. The summed E-state index contributed by atoms with van der Waals surface area (Å²) in [6.07, 6.45) is 1.75. The fraction of sp³-hybridized carbons (Fsp3) is 0.133. The minimum Gasteiger partial charge on any atom is -0.486 e. The van der Waals surface area contributed by atoms with E-state index in [1.54, 1.807) is 16.7 Å². The molecule has 0 fully saturated rings. The summed E-state index contributed by atoms with van der Waals surface area (Å²) in [5.41, 5.74) is 8.53. The molecule has 3 aromatic rings. The maximum atomic E-state index is 6.19. The van der Waals surface area contributed by atoms with Crippen molar-refractivity contribution in [3.05, 3.63) is 41.6 Å². The van der Waals surface area contributed by atoms with Gasteiger partial charge in [0.1, 0.15) is 30.4 Å². The number of hydrogen-bond donors (Lipinski definition) is 1. The summed E-state index contributed by atoms with van der Waals surface area (Å²) in [6, 6.07) is 9.32. The van der Waals surface area contributed by atoms with Gasteiger partial charge in [-0.05, 0) is 30.3 Å². The molecule has 1 aliphatic heterocycles. The lowest BCUT2D eigenvalue weighted by Gasteiger charge is -2.18. The molecular formula is C15H12ClN3O2. The summed E-state index contributed by atoms with van der Waals surface area (Å²) in [6.45, 7) is 1.12. The first kappa shape index (κ1) is 12.3. The number of hydrogen-bond acceptors (Lipinski definition) is 4. The van der Waals surface area contributed by atoms with Gasteiger partial charge in [0, 0.05) is 11.8 Å². The lowest BCUT2D eigenvalue weighted by atomic mass is 10.1. The zero-order valence-corrected chi connectivity index (χ0v) is 11.8. The van der Waals surface area contributed by atoms with E-state index in [0.29, 0.717) is 35.5 Å². The number of rotatable bonds is 1. The van der Waals surface area contributed by atoms with Crippen molar-refractivity contribution in [3.63, 3.8) is 0 Å². The van der Waals surface area contributed by atoms with Gasteiger partial charge in [0.25, 0.3) is 0 Å². The van der Waals surface area contributed by atoms with E-state index in [-0.39, 0.29) is 0 Å². The average Bonchev–Trinajstić information content (AvgIpc) is 2.84. The molecule has 2 N–H and O–H groups in total. The van der Waals surface area contributed by atoms with Crippen LogP contribution in [-0.4, -0.2) is 22.6 Å². The Morgan fingerprint density at radius 3 is 2.76 bits per heavy atom. The van der Waals surface area contributed by atoms with Crippen LogP contribution in [0, 0.1) is 0 Å². The van der Waals surface area contributed by atoms with E-state index < -0.39 is 0 Å². The number of nitrogen functional groups attached to an aromatic ring is 1. The van der Waals surface area contributed by atoms with Gasteiger partial charge in [-0.2, -0.15) is 0 Å². The molecule has 0 saturated heterocycles. The molecule has 2 aromatic heterocycles. The molecule has 106 valence electrons. The van der Waals surface area contributed by atoms with E-state index >= 15 is 0 Å². The Hall–Kier alpha value is -2.40. The molecule has 6 heteroatoms. The molecule has 0 atom stereocenters. The third-order valence-corrected chi connectivity index (χ3v) is 3.66. The molecule has 3 heterocycles. The number of benzene rings is 1. The molecule has 0 unspecified atom stereocenters. The summed E-state index contributed by atoms with van der Waals surface area (Å²) in [5, 5.41) is 0.611. The molecule has 0 saturated carbocycles. The third-order valence-electron chi connectivity index (χ3n) is 3.43. The van der Waals surface area contributed by atoms with E-state index in [4.69, 9.17) is 26.8 Å². The van der Waals surface area contributed by atoms with Crippen LogP contribution in [0.15, 0.2) is 36.5 Å². The van der Waals surface area contributed by atoms with Crippen LogP contribution < -0.4 is 15.2 Å². The molecule has 0 bridgehead atoms. The third kappa shape index (κ3) is 1.97. The van der Waals surface area contributed by atoms with Crippen LogP contribution in [0.25, 0.3) is 16.9 Å². The monoisotopic (exact) mass is 301 g/mol. The average molecular weight is 302 g/mol. The van der Waals surface area contributed by atoms with Crippen molar-refractivity contribution in [2.45, 2.75) is 0 Å². The highest BCUT2D eigenvalue weighted by Gasteiger charge is 2.16. The first-order valence-corrected chi connectivity index (χ1v) is 6.93. The van der Waals surface area contributed by atoms with Crippen LogP contribution in [0.4, 0.5) is 5.82 Å². The lowest BCUT2D eigenvalue weighted by molar-refractivity contribution is 0.171. The van der Waals surface area contributed by atoms with Gasteiger partial charge in [-0.1, -0.05) is 11.6 Å². The zero-order chi connectivity index (χ0) is 14.4. The minimum atomic E-state index is 0.546. The van der Waals surface area contributed by atoms with Crippen molar-refractivity contribution in [2.75, 3.05) is 18.9 Å². The fourth-order valence-electron chi connectivity index (χ4n) is 2.44. The Balaban J connectivity index is 1.88. The molecule has 0 radical (unpaired) electrons. The maximum absolute atomic E-state index is 6.19. The van der Waals surface area contributed by atoms with Crippen molar-refractivity contribution < 1.29 is 9.47 Å². The lowest BCUT2D eigenvalue weighted by Crippen LogP contribution is -2.15. The van der Waals surface area contributed by atoms with Gasteiger partial charge in [0.05, 0.1) is 5.02 Å². The van der Waals surface area contributed by atoms with Crippen LogP contribution >= 0.6 is 11.6 Å². The molecule has 0 aliphatic carbocycles. The van der Waals surface area contributed by atoms with Gasteiger partial charge in [0.2, 0.25) is 0 Å². The van der Waals surface area contributed by atoms with E-state index in [0.717, 1.165) is 17.0 Å².